The van der Waals surface area contributed by atoms with Gasteiger partial charge in [0.2, 0.25) is 0 Å². The molecule has 0 saturated carbocycles. The summed E-state index contributed by atoms with van der Waals surface area (Å²) < 4.78 is 11.2. The predicted octanol–water partition coefficient (Wildman–Crippen LogP) is 6.88. The summed E-state index contributed by atoms with van der Waals surface area (Å²) >= 11 is 3.62. The van der Waals surface area contributed by atoms with Gasteiger partial charge in [-0.2, -0.15) is 0 Å². The van der Waals surface area contributed by atoms with Gasteiger partial charge in [-0.1, -0.05) is 0 Å². The van der Waals surface area contributed by atoms with Gasteiger partial charge < -0.3 is 0 Å². The van der Waals surface area contributed by atoms with Gasteiger partial charge in [0, 0.05) is 4.90 Å². The Labute approximate surface area is 247 Å². The molecule has 0 amide bonds. The summed E-state index contributed by atoms with van der Waals surface area (Å²) in [5.41, 5.74) is 13.8. The second kappa shape index (κ2) is 9.31. The van der Waals surface area contributed by atoms with Crippen molar-refractivity contribution in [1.82, 2.24) is 0 Å². The summed E-state index contributed by atoms with van der Waals surface area (Å²) in [6.07, 6.45) is 6.30. The van der Waals surface area contributed by atoms with Crippen LogP contribution in [0.4, 0.5) is 11.4 Å². The van der Waals surface area contributed by atoms with Gasteiger partial charge in [-0.15, -0.1) is 12.6 Å². The van der Waals surface area contributed by atoms with Gasteiger partial charge in [-0.25, -0.2) is 0 Å². The van der Waals surface area contributed by atoms with Crippen molar-refractivity contribution in [1.29, 1.82) is 0 Å². The molecular weight excluding hydrogens is 579 g/mol. The van der Waals surface area contributed by atoms with E-state index < -0.39 is 13.5 Å². The molecule has 3 atom stereocenters. The fraction of sp³-hybridized carbons (Fsp3) is 0.485. The summed E-state index contributed by atoms with van der Waals surface area (Å²) in [5.74, 6) is 1.28. The summed E-state index contributed by atoms with van der Waals surface area (Å²) in [7, 11) is 2.21. The third kappa shape index (κ3) is 3.86. The maximum absolute atomic E-state index is 7.01. The average Bonchev–Trinajstić information content (AvgIpc) is 3.29. The number of benzene rings is 2. The molecule has 3 nitrogen and oxygen atoms in total. The fourth-order valence-electron chi connectivity index (χ4n) is 7.77. The molecule has 7 rings (SSSR count). The van der Waals surface area contributed by atoms with Gasteiger partial charge in [0.25, 0.3) is 0 Å². The molecule has 5 heterocycles. The van der Waals surface area contributed by atoms with E-state index in [9.17, 15) is 0 Å². The van der Waals surface area contributed by atoms with Crippen molar-refractivity contribution >= 4 is 57.6 Å². The Bertz CT molecular complexity index is 1490. The first-order chi connectivity index (χ1) is 18.6. The van der Waals surface area contributed by atoms with Crippen molar-refractivity contribution in [2.75, 3.05) is 23.7 Å². The summed E-state index contributed by atoms with van der Waals surface area (Å²) in [4.78, 5) is 3.67. The molecule has 0 saturated heterocycles. The van der Waals surface area contributed by atoms with Crippen molar-refractivity contribution in [3.8, 4) is 0 Å². The van der Waals surface area contributed by atoms with E-state index in [4.69, 9.17) is 17.4 Å². The van der Waals surface area contributed by atoms with Gasteiger partial charge in [0.15, 0.2) is 0 Å². The van der Waals surface area contributed by atoms with Crippen molar-refractivity contribution < 1.29 is 9.31 Å². The Kier molecular flexibility index (Phi) is 6.33. The molecule has 0 fully saturated rings. The van der Waals surface area contributed by atoms with Crippen LogP contribution >= 0.6 is 22.7 Å². The van der Waals surface area contributed by atoms with Crippen LogP contribution < -0.4 is 9.25 Å². The Balaban J connectivity index is 1.35. The van der Waals surface area contributed by atoms with Crippen molar-refractivity contribution in [3.05, 3.63) is 70.4 Å². The van der Waals surface area contributed by atoms with Crippen LogP contribution in [-0.4, -0.2) is 54.8 Å². The number of hydrogen-bond donors (Lipinski definition) is 1. The molecule has 0 aromatic heterocycles. The van der Waals surface area contributed by atoms with Crippen LogP contribution in [0, 0.1) is 0 Å². The molecule has 2 aromatic carbocycles. The second-order valence-corrected chi connectivity index (χ2v) is 21.6. The molecule has 0 bridgehead atoms. The van der Waals surface area contributed by atoms with Crippen LogP contribution in [0.2, 0.25) is 5.71 Å². The SMILES string of the molecule is CCCS[As](C)c1ccc2c(c1)C(C)(C)C1=C3C=C4C5=[N+](CCC4OC3CCN12)c1ccc(S)cc1C5(C)C. The average molecular weight is 620 g/mol. The van der Waals surface area contributed by atoms with Crippen molar-refractivity contribution in [2.45, 2.75) is 87.5 Å². The summed E-state index contributed by atoms with van der Waals surface area (Å²) in [6, 6.07) is 14.1. The monoisotopic (exact) mass is 619 g/mol. The number of anilines is 1. The molecule has 2 aromatic rings. The van der Waals surface area contributed by atoms with Gasteiger partial charge in [-0.05, 0) is 6.07 Å². The number of allylic oxidation sites excluding steroid dienone is 1. The van der Waals surface area contributed by atoms with Gasteiger partial charge in [0.05, 0.1) is 0 Å². The van der Waals surface area contributed by atoms with E-state index in [-0.39, 0.29) is 23.0 Å². The summed E-state index contributed by atoms with van der Waals surface area (Å²) in [6.45, 7) is 14.0. The zero-order valence-electron chi connectivity index (χ0n) is 24.0. The van der Waals surface area contributed by atoms with E-state index in [1.807, 2.05) is 0 Å². The fourth-order valence-corrected chi connectivity index (χ4v) is 14.2. The number of nitrogens with zero attached hydrogens (tertiary/aromatic N) is 2. The minimum atomic E-state index is -1.07. The van der Waals surface area contributed by atoms with Crippen LogP contribution in [0.3, 0.4) is 0 Å². The number of rotatable bonds is 4. The number of ether oxygens (including phenoxy) is 1. The van der Waals surface area contributed by atoms with E-state index in [2.05, 4.69) is 102 Å². The van der Waals surface area contributed by atoms with Crippen LogP contribution in [0.15, 0.2) is 64.2 Å². The van der Waals surface area contributed by atoms with Gasteiger partial charge >= 0.3 is 225 Å². The van der Waals surface area contributed by atoms with E-state index in [1.165, 1.54) is 57.2 Å². The standard InChI is InChI=1S/C33H39AsN2OS2/c1-7-16-39-34(6)20-8-10-26-24(17-20)32(2,3)30-22-19-23-29(37-28(22)12-14-35(26)30)13-15-36-27-11-9-21(38)18-25(27)33(4,5)31(23)36/h8-11,17-19,28-29H,7,12-16H2,1-6H3/p+1. The molecule has 3 unspecified atom stereocenters. The molecule has 0 aliphatic carbocycles. The Morgan fingerprint density at radius 2 is 1.87 bits per heavy atom. The molecule has 0 spiro atoms. The molecule has 0 N–H and O–H groups in total. The molecule has 39 heavy (non-hydrogen) atoms. The topological polar surface area (TPSA) is 15.5 Å². The van der Waals surface area contributed by atoms with E-state index in [1.54, 1.807) is 4.35 Å². The van der Waals surface area contributed by atoms with Crippen molar-refractivity contribution in [2.24, 2.45) is 0 Å². The number of hydrogen-bond acceptors (Lipinski definition) is 4. The second-order valence-electron chi connectivity index (χ2n) is 12.7. The van der Waals surface area contributed by atoms with E-state index in [0.29, 0.717) is 0 Å². The first-order valence-electron chi connectivity index (χ1n) is 14.5. The van der Waals surface area contributed by atoms with E-state index in [0.717, 1.165) is 30.8 Å². The van der Waals surface area contributed by atoms with Crippen molar-refractivity contribution in [3.63, 3.8) is 0 Å². The molecule has 5 aliphatic heterocycles. The molecule has 6 heteroatoms. The Morgan fingerprint density at radius 1 is 1.05 bits per heavy atom. The normalized spacial score (nSPS) is 26.3. The zero-order chi connectivity index (χ0) is 27.3. The predicted molar refractivity (Wildman–Crippen MR) is 170 cm³/mol. The van der Waals surface area contributed by atoms with Crippen LogP contribution in [0.1, 0.15) is 65.0 Å². The Hall–Kier alpha value is -1.39. The first kappa shape index (κ1) is 26.5. The van der Waals surface area contributed by atoms with E-state index >= 15 is 0 Å². The quantitative estimate of drug-likeness (QED) is 0.228. The van der Waals surface area contributed by atoms with Crippen LogP contribution in [0.25, 0.3) is 0 Å². The third-order valence-electron chi connectivity index (χ3n) is 9.58. The molecule has 5 aliphatic rings. The minimum absolute atomic E-state index is 0.0363. The Morgan fingerprint density at radius 3 is 2.67 bits per heavy atom. The number of thiol groups is 1. The molecule has 0 radical (unpaired) electrons. The zero-order valence-corrected chi connectivity index (χ0v) is 27.6. The van der Waals surface area contributed by atoms with Gasteiger partial charge in [-0.3, -0.25) is 0 Å². The number of fused-ring (bicyclic) bond motifs is 8. The van der Waals surface area contributed by atoms with Gasteiger partial charge in [0.1, 0.15) is 0 Å². The van der Waals surface area contributed by atoms with Crippen LogP contribution in [-0.2, 0) is 15.6 Å². The molecular formula is C33H40AsN2OS2+. The summed E-state index contributed by atoms with van der Waals surface area (Å²) in [5, 5.41) is 0. The third-order valence-corrected chi connectivity index (χ3v) is 17.6. The van der Waals surface area contributed by atoms with Crippen LogP contribution in [0.5, 0.6) is 0 Å². The first-order valence-corrected chi connectivity index (χ1v) is 21.0. The molecule has 204 valence electrons. The maximum atomic E-state index is 7.01.